The van der Waals surface area contributed by atoms with Crippen LogP contribution in [-0.4, -0.2) is 77.4 Å². The van der Waals surface area contributed by atoms with Crippen molar-refractivity contribution in [2.45, 2.75) is 6.54 Å². The predicted molar refractivity (Wildman–Crippen MR) is 65.3 cm³/mol. The SMILES string of the molecule is COC(=O)c1ncn(CCN2CCN(C)CC2)n1. The highest BCUT2D eigenvalue weighted by molar-refractivity contribution is 5.84. The quantitative estimate of drug-likeness (QED) is 0.662. The molecule has 0 aliphatic carbocycles. The van der Waals surface area contributed by atoms with Crippen LogP contribution in [0, 0.1) is 0 Å². The normalized spacial score (nSPS) is 17.9. The molecule has 2 rings (SSSR count). The third kappa shape index (κ3) is 3.27. The van der Waals surface area contributed by atoms with Crippen molar-refractivity contribution in [3.63, 3.8) is 0 Å². The lowest BCUT2D eigenvalue weighted by Crippen LogP contribution is -2.45. The smallest absolute Gasteiger partial charge is 0.377 e. The van der Waals surface area contributed by atoms with Gasteiger partial charge in [0, 0.05) is 32.7 Å². The molecule has 0 bridgehead atoms. The van der Waals surface area contributed by atoms with Crippen molar-refractivity contribution in [3.05, 3.63) is 12.2 Å². The summed E-state index contributed by atoms with van der Waals surface area (Å²) in [6.45, 7) is 6.03. The van der Waals surface area contributed by atoms with Gasteiger partial charge in [0.25, 0.3) is 5.82 Å². The fourth-order valence-corrected chi connectivity index (χ4v) is 1.90. The van der Waals surface area contributed by atoms with E-state index in [0.717, 1.165) is 39.3 Å². The highest BCUT2D eigenvalue weighted by Crippen LogP contribution is 2.00. The zero-order valence-corrected chi connectivity index (χ0v) is 10.9. The molecule has 0 unspecified atom stereocenters. The summed E-state index contributed by atoms with van der Waals surface area (Å²) in [4.78, 5) is 19.8. The first kappa shape index (κ1) is 13.0. The van der Waals surface area contributed by atoms with Crippen LogP contribution in [0.15, 0.2) is 6.33 Å². The van der Waals surface area contributed by atoms with Gasteiger partial charge in [-0.2, -0.15) is 0 Å². The molecule has 1 fully saturated rings. The highest BCUT2D eigenvalue weighted by atomic mass is 16.5. The van der Waals surface area contributed by atoms with E-state index in [9.17, 15) is 4.79 Å². The Morgan fingerprint density at radius 3 is 2.72 bits per heavy atom. The van der Waals surface area contributed by atoms with Crippen LogP contribution in [-0.2, 0) is 11.3 Å². The molecule has 0 saturated carbocycles. The summed E-state index contributed by atoms with van der Waals surface area (Å²) in [6, 6.07) is 0. The van der Waals surface area contributed by atoms with Gasteiger partial charge in [0.15, 0.2) is 0 Å². The lowest BCUT2D eigenvalue weighted by molar-refractivity contribution is 0.0586. The maximum absolute atomic E-state index is 11.2. The van der Waals surface area contributed by atoms with Crippen molar-refractivity contribution in [1.82, 2.24) is 24.6 Å². The average Bonchev–Trinajstić information content (AvgIpc) is 2.86. The molecule has 0 N–H and O–H groups in total. The Morgan fingerprint density at radius 1 is 1.33 bits per heavy atom. The van der Waals surface area contributed by atoms with Gasteiger partial charge in [-0.25, -0.2) is 9.78 Å². The summed E-state index contributed by atoms with van der Waals surface area (Å²) >= 11 is 0. The van der Waals surface area contributed by atoms with Gasteiger partial charge in [0.2, 0.25) is 0 Å². The number of aromatic nitrogens is 3. The van der Waals surface area contributed by atoms with Crippen LogP contribution in [0.3, 0.4) is 0 Å². The molecule has 0 spiro atoms. The van der Waals surface area contributed by atoms with Crippen molar-refractivity contribution in [3.8, 4) is 0 Å². The average molecular weight is 253 g/mol. The van der Waals surface area contributed by atoms with Gasteiger partial charge in [-0.05, 0) is 7.05 Å². The molecule has 1 aliphatic rings. The van der Waals surface area contributed by atoms with E-state index < -0.39 is 5.97 Å². The molecule has 1 saturated heterocycles. The highest BCUT2D eigenvalue weighted by Gasteiger charge is 2.14. The molecule has 18 heavy (non-hydrogen) atoms. The van der Waals surface area contributed by atoms with E-state index in [-0.39, 0.29) is 5.82 Å². The maximum Gasteiger partial charge on any atom is 0.377 e. The first-order valence-corrected chi connectivity index (χ1v) is 6.07. The molecule has 0 amide bonds. The molecule has 1 aliphatic heterocycles. The summed E-state index contributed by atoms with van der Waals surface area (Å²) in [5.74, 6) is -0.371. The number of nitrogens with zero attached hydrogens (tertiary/aromatic N) is 5. The van der Waals surface area contributed by atoms with Crippen LogP contribution in [0.25, 0.3) is 0 Å². The van der Waals surface area contributed by atoms with E-state index in [0.29, 0.717) is 0 Å². The Bertz CT molecular complexity index is 398. The zero-order valence-electron chi connectivity index (χ0n) is 10.9. The molecule has 2 heterocycles. The molecule has 0 aromatic carbocycles. The number of likely N-dealkylation sites (N-methyl/N-ethyl adjacent to an activating group) is 1. The lowest BCUT2D eigenvalue weighted by Gasteiger charge is -2.32. The van der Waals surface area contributed by atoms with Gasteiger partial charge >= 0.3 is 5.97 Å². The molecule has 1 aromatic rings. The predicted octanol–water partition coefficient (Wildman–Crippen LogP) is -0.688. The van der Waals surface area contributed by atoms with Crippen molar-refractivity contribution >= 4 is 5.97 Å². The van der Waals surface area contributed by atoms with Gasteiger partial charge in [-0.1, -0.05) is 0 Å². The van der Waals surface area contributed by atoms with Crippen molar-refractivity contribution < 1.29 is 9.53 Å². The van der Waals surface area contributed by atoms with Gasteiger partial charge in [-0.15, -0.1) is 5.10 Å². The van der Waals surface area contributed by atoms with E-state index in [1.807, 2.05) is 0 Å². The number of methoxy groups -OCH3 is 1. The van der Waals surface area contributed by atoms with Crippen LogP contribution in [0.5, 0.6) is 0 Å². The minimum Gasteiger partial charge on any atom is -0.463 e. The third-order valence-electron chi connectivity index (χ3n) is 3.15. The minimum atomic E-state index is -0.492. The minimum absolute atomic E-state index is 0.121. The number of hydrogen-bond acceptors (Lipinski definition) is 6. The van der Waals surface area contributed by atoms with Crippen LogP contribution >= 0.6 is 0 Å². The molecule has 0 radical (unpaired) electrons. The van der Waals surface area contributed by atoms with E-state index in [4.69, 9.17) is 0 Å². The molecular formula is C11H19N5O2. The lowest BCUT2D eigenvalue weighted by atomic mass is 10.3. The Hall–Kier alpha value is -1.47. The summed E-state index contributed by atoms with van der Waals surface area (Å²) in [6.07, 6.45) is 1.57. The summed E-state index contributed by atoms with van der Waals surface area (Å²) < 4.78 is 6.25. The van der Waals surface area contributed by atoms with Crippen LogP contribution in [0.1, 0.15) is 10.6 Å². The summed E-state index contributed by atoms with van der Waals surface area (Å²) in [5.41, 5.74) is 0. The number of carbonyl (C=O) groups excluding carboxylic acids is 1. The van der Waals surface area contributed by atoms with Gasteiger partial charge in [0.05, 0.1) is 13.7 Å². The van der Waals surface area contributed by atoms with Gasteiger partial charge in [0.1, 0.15) is 6.33 Å². The van der Waals surface area contributed by atoms with Crippen LogP contribution in [0.2, 0.25) is 0 Å². The fraction of sp³-hybridized carbons (Fsp3) is 0.727. The number of rotatable bonds is 4. The topological polar surface area (TPSA) is 63.5 Å². The first-order chi connectivity index (χ1) is 8.69. The molecule has 7 nitrogen and oxygen atoms in total. The second kappa shape index (κ2) is 5.92. The number of piperazine rings is 1. The largest absolute Gasteiger partial charge is 0.463 e. The van der Waals surface area contributed by atoms with Crippen LogP contribution < -0.4 is 0 Å². The molecule has 0 atom stereocenters. The Labute approximate surface area is 106 Å². The number of ether oxygens (including phenoxy) is 1. The van der Waals surface area contributed by atoms with Gasteiger partial charge < -0.3 is 9.64 Å². The monoisotopic (exact) mass is 253 g/mol. The molecular weight excluding hydrogens is 234 g/mol. The second-order valence-corrected chi connectivity index (χ2v) is 4.47. The summed E-state index contributed by atoms with van der Waals surface area (Å²) in [7, 11) is 3.46. The molecule has 7 heteroatoms. The number of esters is 1. The Balaban J connectivity index is 1.79. The molecule has 1 aromatic heterocycles. The first-order valence-electron chi connectivity index (χ1n) is 6.07. The van der Waals surface area contributed by atoms with E-state index >= 15 is 0 Å². The van der Waals surface area contributed by atoms with Crippen molar-refractivity contribution in [1.29, 1.82) is 0 Å². The third-order valence-corrected chi connectivity index (χ3v) is 3.15. The Kier molecular flexibility index (Phi) is 4.27. The molecule has 100 valence electrons. The second-order valence-electron chi connectivity index (χ2n) is 4.47. The van der Waals surface area contributed by atoms with E-state index in [2.05, 4.69) is 31.7 Å². The number of hydrogen-bond donors (Lipinski definition) is 0. The van der Waals surface area contributed by atoms with Crippen molar-refractivity contribution in [2.24, 2.45) is 0 Å². The number of carbonyl (C=O) groups is 1. The van der Waals surface area contributed by atoms with Gasteiger partial charge in [-0.3, -0.25) is 9.58 Å². The maximum atomic E-state index is 11.2. The van der Waals surface area contributed by atoms with Crippen molar-refractivity contribution in [2.75, 3.05) is 46.9 Å². The van der Waals surface area contributed by atoms with E-state index in [1.165, 1.54) is 7.11 Å². The summed E-state index contributed by atoms with van der Waals surface area (Å²) in [5, 5.41) is 4.07. The standard InChI is InChI=1S/C11H19N5O2/c1-14-3-5-15(6-4-14)7-8-16-9-12-10(13-16)11(17)18-2/h9H,3-8H2,1-2H3. The zero-order chi connectivity index (χ0) is 13.0. The van der Waals surface area contributed by atoms with E-state index in [1.54, 1.807) is 11.0 Å². The Morgan fingerprint density at radius 2 is 2.06 bits per heavy atom. The fourth-order valence-electron chi connectivity index (χ4n) is 1.90. The van der Waals surface area contributed by atoms with Crippen LogP contribution in [0.4, 0.5) is 0 Å².